The average molecular weight is 284 g/mol. The Kier molecular flexibility index (Phi) is 4.10. The van der Waals surface area contributed by atoms with Crippen molar-refractivity contribution < 1.29 is 10.0 Å². The van der Waals surface area contributed by atoms with Gasteiger partial charge in [0.1, 0.15) is 0 Å². The molecule has 2 rings (SSSR count). The van der Waals surface area contributed by atoms with Gasteiger partial charge in [0, 0.05) is 24.0 Å². The van der Waals surface area contributed by atoms with Crippen LogP contribution in [0.4, 0.5) is 10.7 Å². The van der Waals surface area contributed by atoms with E-state index in [4.69, 9.17) is 0 Å². The van der Waals surface area contributed by atoms with Gasteiger partial charge in [0.2, 0.25) is 0 Å². The smallest absolute Gasteiger partial charge is 0.304 e. The van der Waals surface area contributed by atoms with Crippen molar-refractivity contribution in [1.82, 2.24) is 0 Å². The van der Waals surface area contributed by atoms with Crippen LogP contribution in [0.3, 0.4) is 0 Å². The summed E-state index contributed by atoms with van der Waals surface area (Å²) in [6.07, 6.45) is 0.510. The van der Waals surface area contributed by atoms with Crippen LogP contribution >= 0.6 is 11.3 Å². The fourth-order valence-electron chi connectivity index (χ4n) is 2.78. The molecule has 1 aliphatic rings. The molecule has 2 heterocycles. The van der Waals surface area contributed by atoms with Crippen LogP contribution in [-0.2, 0) is 0 Å². The first-order valence-electron chi connectivity index (χ1n) is 6.59. The lowest BCUT2D eigenvalue weighted by atomic mass is 9.92. The fourth-order valence-corrected chi connectivity index (χ4v) is 3.86. The van der Waals surface area contributed by atoms with E-state index < -0.39 is 6.10 Å². The third-order valence-corrected chi connectivity index (χ3v) is 4.83. The van der Waals surface area contributed by atoms with Gasteiger partial charge in [-0.3, -0.25) is 10.1 Å². The molecule has 1 fully saturated rings. The Bertz CT molecular complexity index is 462. The molecule has 6 heteroatoms. The fraction of sp³-hybridized carbons (Fsp3) is 0.692. The molecular weight excluding hydrogens is 264 g/mol. The predicted molar refractivity (Wildman–Crippen MR) is 76.8 cm³/mol. The lowest BCUT2D eigenvalue weighted by Crippen LogP contribution is -2.38. The molecule has 0 amide bonds. The van der Waals surface area contributed by atoms with Crippen molar-refractivity contribution >= 4 is 22.0 Å². The second-order valence-corrected chi connectivity index (χ2v) is 6.69. The minimum atomic E-state index is -0.655. The van der Waals surface area contributed by atoms with Gasteiger partial charge in [0.15, 0.2) is 5.00 Å². The number of hydrogen-bond donors (Lipinski definition) is 1. The second-order valence-electron chi connectivity index (χ2n) is 5.62. The normalized spacial score (nSPS) is 25.4. The van der Waals surface area contributed by atoms with E-state index in [1.807, 2.05) is 0 Å². The molecule has 0 aromatic carbocycles. The summed E-state index contributed by atoms with van der Waals surface area (Å²) < 4.78 is 0. The van der Waals surface area contributed by atoms with Gasteiger partial charge in [-0.25, -0.2) is 0 Å². The molecule has 1 aromatic rings. The molecular formula is C13H20N2O3S. The van der Waals surface area contributed by atoms with Crippen molar-refractivity contribution in [1.29, 1.82) is 0 Å². The van der Waals surface area contributed by atoms with E-state index >= 15 is 0 Å². The Morgan fingerprint density at radius 2 is 2.05 bits per heavy atom. The van der Waals surface area contributed by atoms with Crippen molar-refractivity contribution in [2.75, 3.05) is 18.0 Å². The Labute approximate surface area is 117 Å². The van der Waals surface area contributed by atoms with Crippen LogP contribution in [-0.4, -0.2) is 23.1 Å². The molecule has 106 valence electrons. The lowest BCUT2D eigenvalue weighted by Gasteiger charge is -2.35. The molecule has 0 saturated carbocycles. The van der Waals surface area contributed by atoms with Crippen LogP contribution in [0.1, 0.15) is 38.2 Å². The highest BCUT2D eigenvalue weighted by atomic mass is 32.1. The molecule has 0 spiro atoms. The molecule has 0 radical (unpaired) electrons. The zero-order valence-electron chi connectivity index (χ0n) is 11.5. The number of aliphatic hydroxyl groups is 1. The summed E-state index contributed by atoms with van der Waals surface area (Å²) in [5.41, 5.74) is 0.127. The minimum Gasteiger partial charge on any atom is -0.388 e. The van der Waals surface area contributed by atoms with E-state index in [9.17, 15) is 15.2 Å². The molecule has 0 aliphatic carbocycles. The van der Waals surface area contributed by atoms with Crippen LogP contribution in [0.15, 0.2) is 6.07 Å². The number of anilines is 1. The molecule has 1 N–H and O–H groups in total. The van der Waals surface area contributed by atoms with Crippen molar-refractivity contribution in [3.63, 3.8) is 0 Å². The van der Waals surface area contributed by atoms with Crippen molar-refractivity contribution in [2.45, 2.75) is 33.3 Å². The second kappa shape index (κ2) is 5.46. The van der Waals surface area contributed by atoms with Gasteiger partial charge in [-0.2, -0.15) is 0 Å². The molecule has 19 heavy (non-hydrogen) atoms. The summed E-state index contributed by atoms with van der Waals surface area (Å²) in [7, 11) is 0. The molecule has 1 aliphatic heterocycles. The van der Waals surface area contributed by atoms with Crippen LogP contribution < -0.4 is 4.90 Å². The van der Waals surface area contributed by atoms with E-state index in [0.29, 0.717) is 21.7 Å². The lowest BCUT2D eigenvalue weighted by molar-refractivity contribution is -0.383. The number of nitro groups is 1. The first-order valence-corrected chi connectivity index (χ1v) is 7.41. The molecule has 1 saturated heterocycles. The molecule has 2 unspecified atom stereocenters. The zero-order chi connectivity index (χ0) is 14.2. The van der Waals surface area contributed by atoms with Gasteiger partial charge >= 0.3 is 5.69 Å². The number of thiophene rings is 1. The molecule has 1 aromatic heterocycles. The highest BCUT2D eigenvalue weighted by molar-refractivity contribution is 7.16. The maximum atomic E-state index is 11.2. The van der Waals surface area contributed by atoms with Crippen LogP contribution in [0, 0.1) is 22.0 Å². The third kappa shape index (κ3) is 3.06. The average Bonchev–Trinajstić information content (AvgIpc) is 2.72. The molecule has 5 nitrogen and oxygen atoms in total. The molecule has 3 atom stereocenters. The largest absolute Gasteiger partial charge is 0.388 e. The monoisotopic (exact) mass is 284 g/mol. The Morgan fingerprint density at radius 3 is 2.53 bits per heavy atom. The van der Waals surface area contributed by atoms with Gasteiger partial charge in [-0.1, -0.05) is 13.8 Å². The third-order valence-electron chi connectivity index (χ3n) is 3.48. The maximum absolute atomic E-state index is 11.2. The van der Waals surface area contributed by atoms with E-state index in [2.05, 4.69) is 18.7 Å². The molecule has 0 bridgehead atoms. The Morgan fingerprint density at radius 1 is 1.47 bits per heavy atom. The van der Waals surface area contributed by atoms with Gasteiger partial charge in [0.25, 0.3) is 0 Å². The van der Waals surface area contributed by atoms with E-state index in [0.717, 1.165) is 13.1 Å². The quantitative estimate of drug-likeness (QED) is 0.683. The number of piperidine rings is 1. The van der Waals surface area contributed by atoms with Gasteiger partial charge in [0.05, 0.1) is 11.0 Å². The van der Waals surface area contributed by atoms with Crippen LogP contribution in [0.25, 0.3) is 0 Å². The Balaban J connectivity index is 2.34. The first kappa shape index (κ1) is 14.3. The minimum absolute atomic E-state index is 0.127. The number of hydrogen-bond acceptors (Lipinski definition) is 5. The van der Waals surface area contributed by atoms with Crippen LogP contribution in [0.5, 0.6) is 0 Å². The summed E-state index contributed by atoms with van der Waals surface area (Å²) >= 11 is 1.34. The summed E-state index contributed by atoms with van der Waals surface area (Å²) in [5, 5.41) is 21.5. The van der Waals surface area contributed by atoms with Crippen LogP contribution in [0.2, 0.25) is 0 Å². The van der Waals surface area contributed by atoms with Crippen molar-refractivity contribution in [3.05, 3.63) is 21.1 Å². The zero-order valence-corrected chi connectivity index (χ0v) is 12.3. The summed E-state index contributed by atoms with van der Waals surface area (Å²) in [6.45, 7) is 7.70. The Hall–Kier alpha value is -1.14. The van der Waals surface area contributed by atoms with E-state index in [-0.39, 0.29) is 10.6 Å². The van der Waals surface area contributed by atoms with E-state index in [1.165, 1.54) is 23.8 Å². The number of nitrogens with zero attached hydrogens (tertiary/aromatic N) is 2. The standard InChI is InChI=1S/C13H20N2O3S/c1-8-4-9(2)7-14(6-8)13-11(15(17)18)5-12(19-13)10(3)16/h5,8-10,16H,4,6-7H2,1-3H3/t8?,9?,10-/m1/s1. The van der Waals surface area contributed by atoms with Gasteiger partial charge in [-0.05, 0) is 25.2 Å². The first-order chi connectivity index (χ1) is 8.88. The number of aliphatic hydroxyl groups excluding tert-OH is 1. The highest BCUT2D eigenvalue weighted by Gasteiger charge is 2.30. The topological polar surface area (TPSA) is 66.6 Å². The van der Waals surface area contributed by atoms with Crippen molar-refractivity contribution in [2.24, 2.45) is 11.8 Å². The highest BCUT2D eigenvalue weighted by Crippen LogP contribution is 2.42. The van der Waals surface area contributed by atoms with E-state index in [1.54, 1.807) is 6.92 Å². The summed E-state index contributed by atoms with van der Waals surface area (Å²) in [6, 6.07) is 1.51. The number of rotatable bonds is 3. The summed E-state index contributed by atoms with van der Waals surface area (Å²) in [5.74, 6) is 1.08. The SMILES string of the molecule is CC1CC(C)CN(c2sc([C@@H](C)O)cc2[N+](=O)[O-])C1. The maximum Gasteiger partial charge on any atom is 0.304 e. The van der Waals surface area contributed by atoms with Crippen molar-refractivity contribution in [3.8, 4) is 0 Å². The predicted octanol–water partition coefficient (Wildman–Crippen LogP) is 3.19. The van der Waals surface area contributed by atoms with Gasteiger partial charge < -0.3 is 10.0 Å². The van der Waals surface area contributed by atoms with Gasteiger partial charge in [-0.15, -0.1) is 11.3 Å². The summed E-state index contributed by atoms with van der Waals surface area (Å²) in [4.78, 5) is 13.6.